The average Bonchev–Trinajstić information content (AvgIpc) is 2.98. The molecule has 0 aliphatic carbocycles. The summed E-state index contributed by atoms with van der Waals surface area (Å²) in [6, 6.07) is 6.59. The van der Waals surface area contributed by atoms with Crippen molar-refractivity contribution < 1.29 is 14.3 Å². The Morgan fingerprint density at radius 3 is 2.82 bits per heavy atom. The van der Waals surface area contributed by atoms with Crippen LogP contribution >= 0.6 is 11.3 Å². The molecule has 0 radical (unpaired) electrons. The number of likely N-dealkylation sites (tertiary alicyclic amines) is 1. The molecule has 1 fully saturated rings. The predicted octanol–water partition coefficient (Wildman–Crippen LogP) is 2.47. The number of hydrogen-bond acceptors (Lipinski definition) is 4. The number of rotatable bonds is 3. The first-order chi connectivity index (χ1) is 10.6. The highest BCUT2D eigenvalue weighted by atomic mass is 32.1. The lowest BCUT2D eigenvalue weighted by molar-refractivity contribution is 0.0542. The second kappa shape index (κ2) is 6.54. The molecule has 3 rings (SSSR count). The highest BCUT2D eigenvalue weighted by molar-refractivity contribution is 7.09. The highest BCUT2D eigenvalue weighted by Crippen LogP contribution is 2.19. The van der Waals surface area contributed by atoms with Crippen LogP contribution in [0, 0.1) is 5.82 Å². The zero-order valence-corrected chi connectivity index (χ0v) is 12.9. The van der Waals surface area contributed by atoms with Crippen molar-refractivity contribution in [1.82, 2.24) is 9.88 Å². The van der Waals surface area contributed by atoms with E-state index < -0.39 is 0 Å². The maximum absolute atomic E-state index is 13.6. The van der Waals surface area contributed by atoms with Crippen molar-refractivity contribution in [1.29, 1.82) is 0 Å². The van der Waals surface area contributed by atoms with Crippen LogP contribution in [0.1, 0.15) is 33.9 Å². The lowest BCUT2D eigenvalue weighted by Gasteiger charge is -2.28. The summed E-state index contributed by atoms with van der Waals surface area (Å²) in [6.45, 7) is 1.11. The number of thiazole rings is 1. The Morgan fingerprint density at radius 1 is 1.36 bits per heavy atom. The number of aromatic nitrogens is 1. The number of halogens is 1. The zero-order valence-electron chi connectivity index (χ0n) is 12.0. The fourth-order valence-electron chi connectivity index (χ4n) is 2.53. The van der Waals surface area contributed by atoms with Crippen LogP contribution in [0.3, 0.4) is 0 Å². The monoisotopic (exact) mass is 320 g/mol. The number of hydrogen-bond donors (Lipinski definition) is 1. The molecule has 1 amide bonds. The van der Waals surface area contributed by atoms with Crippen molar-refractivity contribution in [3.63, 3.8) is 0 Å². The van der Waals surface area contributed by atoms with Crippen LogP contribution in [0.4, 0.5) is 4.39 Å². The first-order valence-electron chi connectivity index (χ1n) is 7.28. The summed E-state index contributed by atoms with van der Waals surface area (Å²) in [5.74, 6) is -0.362. The van der Waals surface area contributed by atoms with Crippen molar-refractivity contribution in [2.45, 2.75) is 25.4 Å². The molecule has 0 saturated carbocycles. The third-order valence-corrected chi connectivity index (χ3v) is 4.67. The number of aliphatic hydroxyl groups excluding tert-OH is 1. The first kappa shape index (κ1) is 15.1. The van der Waals surface area contributed by atoms with Crippen molar-refractivity contribution in [3.8, 4) is 0 Å². The molecule has 0 bridgehead atoms. The molecular formula is C16H17FN2O2S. The molecule has 4 nitrogen and oxygen atoms in total. The molecule has 2 heterocycles. The van der Waals surface area contributed by atoms with E-state index in [0.717, 1.165) is 5.01 Å². The molecule has 1 aromatic carbocycles. The number of aliphatic hydroxyl groups is 1. The van der Waals surface area contributed by atoms with Gasteiger partial charge in [-0.15, -0.1) is 11.3 Å². The summed E-state index contributed by atoms with van der Waals surface area (Å²) in [7, 11) is 0. The van der Waals surface area contributed by atoms with E-state index in [-0.39, 0.29) is 17.8 Å². The maximum atomic E-state index is 13.6. The minimum Gasteiger partial charge on any atom is -0.393 e. The molecule has 1 aromatic heterocycles. The van der Waals surface area contributed by atoms with E-state index in [9.17, 15) is 14.3 Å². The van der Waals surface area contributed by atoms with E-state index in [1.165, 1.54) is 17.4 Å². The Morgan fingerprint density at radius 2 is 2.09 bits per heavy atom. The Kier molecular flexibility index (Phi) is 4.49. The number of benzene rings is 1. The third-order valence-electron chi connectivity index (χ3n) is 3.82. The van der Waals surface area contributed by atoms with Gasteiger partial charge in [0.2, 0.25) is 0 Å². The maximum Gasteiger partial charge on any atom is 0.273 e. The van der Waals surface area contributed by atoms with Crippen molar-refractivity contribution >= 4 is 17.2 Å². The molecule has 22 heavy (non-hydrogen) atoms. The number of amides is 1. The van der Waals surface area contributed by atoms with Gasteiger partial charge in [-0.3, -0.25) is 4.79 Å². The molecule has 116 valence electrons. The second-order valence-corrected chi connectivity index (χ2v) is 6.36. The molecule has 0 atom stereocenters. The minimum absolute atomic E-state index is 0.108. The summed E-state index contributed by atoms with van der Waals surface area (Å²) in [4.78, 5) is 18.4. The van der Waals surface area contributed by atoms with Crippen LogP contribution in [-0.2, 0) is 6.42 Å². The van der Waals surface area contributed by atoms with Gasteiger partial charge in [0.15, 0.2) is 0 Å². The number of nitrogens with zero attached hydrogens (tertiary/aromatic N) is 2. The van der Waals surface area contributed by atoms with Crippen LogP contribution in [0.15, 0.2) is 29.6 Å². The van der Waals surface area contributed by atoms with Crippen LogP contribution in [0.25, 0.3) is 0 Å². The fourth-order valence-corrected chi connectivity index (χ4v) is 3.32. The van der Waals surface area contributed by atoms with Crippen molar-refractivity contribution in [2.24, 2.45) is 0 Å². The average molecular weight is 320 g/mol. The Hall–Kier alpha value is -1.79. The van der Waals surface area contributed by atoms with Crippen LogP contribution in [0.5, 0.6) is 0 Å². The SMILES string of the molecule is O=C(c1csc(Cc2ccccc2F)n1)N1CCC(O)CC1. The summed E-state index contributed by atoms with van der Waals surface area (Å²) in [5, 5.41) is 11.9. The van der Waals surface area contributed by atoms with Gasteiger partial charge in [-0.05, 0) is 24.5 Å². The lowest BCUT2D eigenvalue weighted by atomic mass is 10.1. The molecular weight excluding hydrogens is 303 g/mol. The summed E-state index contributed by atoms with van der Waals surface area (Å²) < 4.78 is 13.6. The van der Waals surface area contributed by atoms with Gasteiger partial charge in [0, 0.05) is 24.9 Å². The van der Waals surface area contributed by atoms with E-state index in [1.807, 2.05) is 0 Å². The van der Waals surface area contributed by atoms with E-state index in [1.54, 1.807) is 28.5 Å². The van der Waals surface area contributed by atoms with Crippen LogP contribution < -0.4 is 0 Å². The van der Waals surface area contributed by atoms with Crippen molar-refractivity contribution in [3.05, 3.63) is 51.7 Å². The molecule has 1 N–H and O–H groups in total. The van der Waals surface area contributed by atoms with Gasteiger partial charge < -0.3 is 10.0 Å². The predicted molar refractivity (Wildman–Crippen MR) is 82.5 cm³/mol. The van der Waals surface area contributed by atoms with E-state index in [4.69, 9.17) is 0 Å². The normalized spacial score (nSPS) is 16.0. The third kappa shape index (κ3) is 3.34. The highest BCUT2D eigenvalue weighted by Gasteiger charge is 2.24. The van der Waals surface area contributed by atoms with Gasteiger partial charge in [0.05, 0.1) is 11.1 Å². The van der Waals surface area contributed by atoms with Gasteiger partial charge >= 0.3 is 0 Å². The molecule has 0 spiro atoms. The number of piperidine rings is 1. The molecule has 1 saturated heterocycles. The molecule has 1 aliphatic heterocycles. The number of carbonyl (C=O) groups excluding carboxylic acids is 1. The molecule has 2 aromatic rings. The minimum atomic E-state index is -0.309. The van der Waals surface area contributed by atoms with Gasteiger partial charge in [0.1, 0.15) is 11.5 Å². The molecule has 0 unspecified atom stereocenters. The Labute approximate surface area is 132 Å². The molecule has 1 aliphatic rings. The van der Waals surface area contributed by atoms with Gasteiger partial charge in [-0.1, -0.05) is 18.2 Å². The lowest BCUT2D eigenvalue weighted by Crippen LogP contribution is -2.40. The topological polar surface area (TPSA) is 53.4 Å². The van der Waals surface area contributed by atoms with Gasteiger partial charge in [0.25, 0.3) is 5.91 Å². The Bertz CT molecular complexity index is 666. The number of carbonyl (C=O) groups is 1. The van der Waals surface area contributed by atoms with E-state index in [0.29, 0.717) is 43.6 Å². The van der Waals surface area contributed by atoms with E-state index in [2.05, 4.69) is 4.98 Å². The summed E-state index contributed by atoms with van der Waals surface area (Å²) in [5.41, 5.74) is 0.990. The fraction of sp³-hybridized carbons (Fsp3) is 0.375. The first-order valence-corrected chi connectivity index (χ1v) is 8.16. The Balaban J connectivity index is 1.68. The van der Waals surface area contributed by atoms with Gasteiger partial charge in [-0.25, -0.2) is 9.37 Å². The van der Waals surface area contributed by atoms with Crippen LogP contribution in [0.2, 0.25) is 0 Å². The largest absolute Gasteiger partial charge is 0.393 e. The summed E-state index contributed by atoms with van der Waals surface area (Å²) >= 11 is 1.37. The van der Waals surface area contributed by atoms with E-state index >= 15 is 0 Å². The standard InChI is InChI=1S/C16H17FN2O2S/c17-13-4-2-1-3-11(13)9-15-18-14(10-22-15)16(21)19-7-5-12(20)6-8-19/h1-4,10,12,20H,5-9H2. The van der Waals surface area contributed by atoms with Crippen LogP contribution in [-0.4, -0.2) is 40.1 Å². The molecule has 6 heteroatoms. The second-order valence-electron chi connectivity index (χ2n) is 5.42. The summed E-state index contributed by atoms with van der Waals surface area (Å²) in [6.07, 6.45) is 1.30. The quantitative estimate of drug-likeness (QED) is 0.945. The zero-order chi connectivity index (χ0) is 15.5. The smallest absolute Gasteiger partial charge is 0.273 e. The van der Waals surface area contributed by atoms with Crippen molar-refractivity contribution in [2.75, 3.05) is 13.1 Å². The van der Waals surface area contributed by atoms with Gasteiger partial charge in [-0.2, -0.15) is 0 Å².